The summed E-state index contributed by atoms with van der Waals surface area (Å²) in [6, 6.07) is 7.00. The Kier molecular flexibility index (Phi) is 10.4. The van der Waals surface area contributed by atoms with E-state index in [-0.39, 0.29) is 28.7 Å². The summed E-state index contributed by atoms with van der Waals surface area (Å²) < 4.78 is 0. The SMILES string of the molecule is CN(C)CC[C@@H](C(=O)NN1CCC(C(=O)NC(C)(C)C)(C2CCCCC2)CC1)C(N)c1ccc(Cl)cc1. The summed E-state index contributed by atoms with van der Waals surface area (Å²) in [6.07, 6.45) is 8.06. The minimum absolute atomic E-state index is 0.0615. The Morgan fingerprint density at radius 2 is 1.70 bits per heavy atom. The van der Waals surface area contributed by atoms with Crippen LogP contribution in [0.2, 0.25) is 5.02 Å². The maximum Gasteiger partial charge on any atom is 0.239 e. The molecule has 0 aromatic heterocycles. The summed E-state index contributed by atoms with van der Waals surface area (Å²) >= 11 is 6.06. The van der Waals surface area contributed by atoms with Crippen molar-refractivity contribution >= 4 is 23.4 Å². The summed E-state index contributed by atoms with van der Waals surface area (Å²) in [5.74, 6) is 0.158. The number of benzene rings is 1. The lowest BCUT2D eigenvalue weighted by Crippen LogP contribution is -2.59. The van der Waals surface area contributed by atoms with Crippen LogP contribution in [0.15, 0.2) is 24.3 Å². The van der Waals surface area contributed by atoms with Gasteiger partial charge in [-0.3, -0.25) is 15.0 Å². The lowest BCUT2D eigenvalue weighted by Gasteiger charge is -2.47. The average molecular weight is 534 g/mol. The fourth-order valence-electron chi connectivity index (χ4n) is 5.99. The van der Waals surface area contributed by atoms with E-state index in [0.29, 0.717) is 30.5 Å². The van der Waals surface area contributed by atoms with Crippen LogP contribution < -0.4 is 16.5 Å². The Morgan fingerprint density at radius 3 is 2.24 bits per heavy atom. The van der Waals surface area contributed by atoms with Crippen molar-refractivity contribution in [3.63, 3.8) is 0 Å². The second kappa shape index (κ2) is 12.9. The van der Waals surface area contributed by atoms with E-state index >= 15 is 0 Å². The van der Waals surface area contributed by atoms with Crippen LogP contribution in [0.1, 0.15) is 83.7 Å². The monoisotopic (exact) mass is 533 g/mol. The van der Waals surface area contributed by atoms with Gasteiger partial charge in [-0.25, -0.2) is 5.01 Å². The van der Waals surface area contributed by atoms with Crippen LogP contribution in [0.4, 0.5) is 0 Å². The topological polar surface area (TPSA) is 90.7 Å². The highest BCUT2D eigenvalue weighted by atomic mass is 35.5. The number of hydrogen-bond acceptors (Lipinski definition) is 5. The second-order valence-corrected chi connectivity index (χ2v) is 12.9. The smallest absolute Gasteiger partial charge is 0.239 e. The van der Waals surface area contributed by atoms with Gasteiger partial charge in [0.05, 0.1) is 11.3 Å². The summed E-state index contributed by atoms with van der Waals surface area (Å²) in [5, 5.41) is 5.94. The zero-order chi connectivity index (χ0) is 27.2. The number of halogens is 1. The van der Waals surface area contributed by atoms with Crippen molar-refractivity contribution < 1.29 is 9.59 Å². The molecule has 1 unspecified atom stereocenters. The van der Waals surface area contributed by atoms with Crippen LogP contribution in [0.5, 0.6) is 0 Å². The van der Waals surface area contributed by atoms with Crippen LogP contribution in [0.25, 0.3) is 0 Å². The maximum absolute atomic E-state index is 13.6. The van der Waals surface area contributed by atoms with Gasteiger partial charge in [0.2, 0.25) is 11.8 Å². The molecule has 8 heteroatoms. The number of amides is 2. The minimum Gasteiger partial charge on any atom is -0.351 e. The minimum atomic E-state index is -0.430. The molecule has 1 heterocycles. The summed E-state index contributed by atoms with van der Waals surface area (Å²) in [5.41, 5.74) is 10.1. The van der Waals surface area contributed by atoms with Crippen LogP contribution in [-0.2, 0) is 9.59 Å². The Balaban J connectivity index is 1.70. The van der Waals surface area contributed by atoms with E-state index in [0.717, 1.165) is 37.8 Å². The first-order chi connectivity index (χ1) is 17.4. The van der Waals surface area contributed by atoms with Gasteiger partial charge in [-0.15, -0.1) is 0 Å². The van der Waals surface area contributed by atoms with Crippen LogP contribution in [0, 0.1) is 17.3 Å². The van der Waals surface area contributed by atoms with E-state index in [2.05, 4.69) is 15.6 Å². The third kappa shape index (κ3) is 8.16. The molecule has 1 aromatic rings. The van der Waals surface area contributed by atoms with Crippen molar-refractivity contribution in [2.75, 3.05) is 33.7 Å². The van der Waals surface area contributed by atoms with Gasteiger partial charge in [0.15, 0.2) is 0 Å². The Labute approximate surface area is 228 Å². The van der Waals surface area contributed by atoms with Crippen molar-refractivity contribution in [1.29, 1.82) is 0 Å². The Morgan fingerprint density at radius 1 is 1.11 bits per heavy atom. The van der Waals surface area contributed by atoms with Crippen LogP contribution in [-0.4, -0.2) is 61.0 Å². The number of nitrogens with two attached hydrogens (primary N) is 1. The molecule has 1 aromatic carbocycles. The second-order valence-electron chi connectivity index (χ2n) is 12.4. The summed E-state index contributed by atoms with van der Waals surface area (Å²) in [4.78, 5) is 29.2. The third-order valence-corrected chi connectivity index (χ3v) is 8.42. The number of hydrogen-bond donors (Lipinski definition) is 3. The number of carbonyl (C=O) groups is 2. The van der Waals surface area contributed by atoms with Crippen molar-refractivity contribution in [3.8, 4) is 0 Å². The first-order valence-electron chi connectivity index (χ1n) is 13.9. The molecule has 0 spiro atoms. The average Bonchev–Trinajstić information content (AvgIpc) is 2.84. The number of carbonyl (C=O) groups excluding carboxylic acids is 2. The van der Waals surface area contributed by atoms with Crippen molar-refractivity contribution in [2.45, 2.75) is 83.7 Å². The molecule has 208 valence electrons. The number of rotatable bonds is 9. The Bertz CT molecular complexity index is 885. The van der Waals surface area contributed by atoms with E-state index < -0.39 is 6.04 Å². The molecule has 1 aliphatic carbocycles. The quantitative estimate of drug-likeness (QED) is 0.434. The molecule has 2 amide bonds. The highest BCUT2D eigenvalue weighted by Crippen LogP contribution is 2.46. The molecule has 7 nitrogen and oxygen atoms in total. The van der Waals surface area contributed by atoms with E-state index in [4.69, 9.17) is 17.3 Å². The lowest BCUT2D eigenvalue weighted by molar-refractivity contribution is -0.143. The molecular weight excluding hydrogens is 486 g/mol. The van der Waals surface area contributed by atoms with E-state index in [9.17, 15) is 9.59 Å². The van der Waals surface area contributed by atoms with Gasteiger partial charge in [0, 0.05) is 29.7 Å². The van der Waals surface area contributed by atoms with E-state index in [1.165, 1.54) is 19.3 Å². The maximum atomic E-state index is 13.6. The molecule has 1 saturated heterocycles. The van der Waals surface area contributed by atoms with Crippen molar-refractivity contribution in [1.82, 2.24) is 20.7 Å². The molecule has 1 saturated carbocycles. The molecule has 37 heavy (non-hydrogen) atoms. The van der Waals surface area contributed by atoms with Gasteiger partial charge in [0.1, 0.15) is 0 Å². The fourth-order valence-corrected chi connectivity index (χ4v) is 6.11. The van der Waals surface area contributed by atoms with Gasteiger partial charge >= 0.3 is 0 Å². The predicted molar refractivity (Wildman–Crippen MR) is 151 cm³/mol. The van der Waals surface area contributed by atoms with Gasteiger partial charge < -0.3 is 16.0 Å². The van der Waals surface area contributed by atoms with Gasteiger partial charge in [-0.1, -0.05) is 43.0 Å². The first kappa shape index (κ1) is 29.9. The molecule has 2 aliphatic rings. The highest BCUT2D eigenvalue weighted by Gasteiger charge is 2.48. The third-order valence-electron chi connectivity index (χ3n) is 8.16. The molecule has 2 fully saturated rings. The summed E-state index contributed by atoms with van der Waals surface area (Å²) in [7, 11) is 4.00. The highest BCUT2D eigenvalue weighted by molar-refractivity contribution is 6.30. The van der Waals surface area contributed by atoms with E-state index in [1.807, 2.05) is 64.1 Å². The largest absolute Gasteiger partial charge is 0.351 e. The Hall–Kier alpha value is -1.67. The molecule has 1 aliphatic heterocycles. The van der Waals surface area contributed by atoms with Crippen LogP contribution >= 0.6 is 11.6 Å². The molecule has 0 radical (unpaired) electrons. The molecule has 4 N–H and O–H groups in total. The van der Waals surface area contributed by atoms with E-state index in [1.54, 1.807) is 0 Å². The first-order valence-corrected chi connectivity index (χ1v) is 14.3. The van der Waals surface area contributed by atoms with Crippen molar-refractivity contribution in [3.05, 3.63) is 34.9 Å². The normalized spacial score (nSPS) is 20.9. The molecule has 0 bridgehead atoms. The lowest BCUT2D eigenvalue weighted by atomic mass is 9.63. The van der Waals surface area contributed by atoms with Crippen molar-refractivity contribution in [2.24, 2.45) is 23.0 Å². The van der Waals surface area contributed by atoms with Gasteiger partial charge in [-0.2, -0.15) is 0 Å². The number of piperidine rings is 1. The van der Waals surface area contributed by atoms with Crippen LogP contribution in [0.3, 0.4) is 0 Å². The molecule has 3 rings (SSSR count). The number of nitrogens with zero attached hydrogens (tertiary/aromatic N) is 2. The zero-order valence-corrected chi connectivity index (χ0v) is 24.2. The van der Waals surface area contributed by atoms with Gasteiger partial charge in [-0.05, 0) is 97.1 Å². The number of hydrazine groups is 1. The standard InChI is InChI=1S/C29H48ClN5O2/c1-28(2,3)32-27(37)29(22-9-7-6-8-10-22)16-19-35(20-17-29)33-26(36)24(15-18-34(4)5)25(31)21-11-13-23(30)14-12-21/h11-14,22,24-25H,6-10,15-20,31H2,1-5H3,(H,32,37)(H,33,36)/t24-,25?/m1/s1. The molecular formula is C29H48ClN5O2. The molecule has 2 atom stereocenters. The fraction of sp³-hybridized carbons (Fsp3) is 0.724. The zero-order valence-electron chi connectivity index (χ0n) is 23.5. The predicted octanol–water partition coefficient (Wildman–Crippen LogP) is 4.52. The summed E-state index contributed by atoms with van der Waals surface area (Å²) in [6.45, 7) is 8.23. The van der Waals surface area contributed by atoms with Gasteiger partial charge in [0.25, 0.3) is 0 Å². The number of nitrogens with one attached hydrogen (secondary N) is 2.